The van der Waals surface area contributed by atoms with Crippen molar-refractivity contribution in [1.29, 1.82) is 0 Å². The first-order valence-corrected chi connectivity index (χ1v) is 4.16. The molecule has 0 fully saturated rings. The Hall–Kier alpha value is -0.370. The van der Waals surface area contributed by atoms with Gasteiger partial charge in [0.05, 0.1) is 0 Å². The zero-order valence-electron chi connectivity index (χ0n) is 7.79. The van der Waals surface area contributed by atoms with Crippen LogP contribution in [0.3, 0.4) is 0 Å². The zero-order valence-corrected chi connectivity index (χ0v) is 7.79. The van der Waals surface area contributed by atoms with Crippen LogP contribution in [0.4, 0.5) is 0 Å². The fraction of sp³-hybridized carbons (Fsp3) is 0.889. The van der Waals surface area contributed by atoms with Crippen molar-refractivity contribution in [1.82, 2.24) is 0 Å². The maximum Gasteiger partial charge on any atom is 0.161 e. The summed E-state index contributed by atoms with van der Waals surface area (Å²) < 4.78 is 0. The fourth-order valence-electron chi connectivity index (χ4n) is 0.895. The average molecular weight is 158 g/mol. The molecule has 0 aliphatic heterocycles. The molecule has 0 aromatic heterocycles. The Bertz CT molecular complexity index is 128. The van der Waals surface area contributed by atoms with Crippen LogP contribution in [-0.2, 0) is 4.79 Å². The number of carbonyl (C=O) groups excluding carboxylic acids is 1. The number of Topliss-reactive ketones (excluding diaryl/α,β-unsaturated/α-hetero) is 1. The molecule has 66 valence electrons. The Kier molecular flexibility index (Phi) is 4.34. The van der Waals surface area contributed by atoms with Crippen LogP contribution < -0.4 is 0 Å². The predicted octanol–water partition coefficient (Wildman–Crippen LogP) is 1.62. The Balaban J connectivity index is 3.83. The number of ketones is 1. The molecule has 0 saturated carbocycles. The van der Waals surface area contributed by atoms with Crippen molar-refractivity contribution in [3.05, 3.63) is 0 Å². The van der Waals surface area contributed by atoms with Crippen molar-refractivity contribution < 1.29 is 9.90 Å². The normalized spacial score (nSPS) is 14.1. The second kappa shape index (κ2) is 4.50. The van der Waals surface area contributed by atoms with Gasteiger partial charge in [0, 0.05) is 6.42 Å². The van der Waals surface area contributed by atoms with Crippen molar-refractivity contribution in [2.24, 2.45) is 11.8 Å². The number of aliphatic hydroxyl groups excluding tert-OH is 1. The summed E-state index contributed by atoms with van der Waals surface area (Å²) in [7, 11) is 0. The van der Waals surface area contributed by atoms with Crippen LogP contribution in [0.2, 0.25) is 0 Å². The average Bonchev–Trinajstić information content (AvgIpc) is 1.84. The van der Waals surface area contributed by atoms with Gasteiger partial charge in [-0.1, -0.05) is 27.7 Å². The second-order valence-electron chi connectivity index (χ2n) is 3.75. The summed E-state index contributed by atoms with van der Waals surface area (Å²) in [6.07, 6.45) is -0.281. The molecule has 0 aliphatic rings. The molecular formula is C9H18O2. The summed E-state index contributed by atoms with van der Waals surface area (Å²) in [5, 5.41) is 9.29. The van der Waals surface area contributed by atoms with Crippen LogP contribution in [-0.4, -0.2) is 17.0 Å². The largest absolute Gasteiger partial charge is 0.385 e. The van der Waals surface area contributed by atoms with E-state index in [0.717, 1.165) is 0 Å². The molecule has 0 bridgehead atoms. The van der Waals surface area contributed by atoms with Crippen molar-refractivity contribution in [3.8, 4) is 0 Å². The molecule has 1 atom stereocenters. The molecule has 11 heavy (non-hydrogen) atoms. The topological polar surface area (TPSA) is 37.3 Å². The van der Waals surface area contributed by atoms with Gasteiger partial charge in [-0.15, -0.1) is 0 Å². The summed E-state index contributed by atoms with van der Waals surface area (Å²) in [6.45, 7) is 7.65. The molecule has 0 amide bonds. The van der Waals surface area contributed by atoms with Crippen molar-refractivity contribution in [2.45, 2.75) is 40.2 Å². The maximum absolute atomic E-state index is 11.1. The van der Waals surface area contributed by atoms with Gasteiger partial charge in [0.25, 0.3) is 0 Å². The Labute approximate surface area is 68.6 Å². The van der Waals surface area contributed by atoms with Crippen LogP contribution >= 0.6 is 0 Å². The molecule has 0 aromatic rings. The van der Waals surface area contributed by atoms with Gasteiger partial charge in [-0.25, -0.2) is 0 Å². The molecule has 1 unspecified atom stereocenters. The van der Waals surface area contributed by atoms with E-state index in [1.807, 2.05) is 27.7 Å². The van der Waals surface area contributed by atoms with Crippen molar-refractivity contribution in [2.75, 3.05) is 0 Å². The first-order valence-electron chi connectivity index (χ1n) is 4.16. The van der Waals surface area contributed by atoms with Crippen LogP contribution in [0.15, 0.2) is 0 Å². The Morgan fingerprint density at radius 3 is 2.00 bits per heavy atom. The summed E-state index contributed by atoms with van der Waals surface area (Å²) in [5.74, 6) is 0.354. The molecule has 0 saturated heterocycles. The molecule has 0 heterocycles. The number of hydrogen-bond donors (Lipinski definition) is 1. The summed E-state index contributed by atoms with van der Waals surface area (Å²) >= 11 is 0. The van der Waals surface area contributed by atoms with Gasteiger partial charge < -0.3 is 5.11 Å². The first kappa shape index (κ1) is 10.6. The molecule has 0 aromatic carbocycles. The van der Waals surface area contributed by atoms with Crippen molar-refractivity contribution >= 4 is 5.78 Å². The SMILES string of the molecule is CC(C)CC(=O)C(O)C(C)C. The summed E-state index contributed by atoms with van der Waals surface area (Å²) in [5.41, 5.74) is 0. The van der Waals surface area contributed by atoms with E-state index in [-0.39, 0.29) is 11.7 Å². The van der Waals surface area contributed by atoms with E-state index in [1.54, 1.807) is 0 Å². The molecular weight excluding hydrogens is 140 g/mol. The van der Waals surface area contributed by atoms with Crippen LogP contribution in [0, 0.1) is 11.8 Å². The molecule has 0 spiro atoms. The minimum atomic E-state index is -0.766. The molecule has 1 N–H and O–H groups in total. The van der Waals surface area contributed by atoms with Gasteiger partial charge in [-0.3, -0.25) is 4.79 Å². The van der Waals surface area contributed by atoms with Gasteiger partial charge in [0.1, 0.15) is 6.10 Å². The highest BCUT2D eigenvalue weighted by molar-refractivity contribution is 5.83. The third-order valence-corrected chi connectivity index (χ3v) is 1.57. The Morgan fingerprint density at radius 2 is 1.73 bits per heavy atom. The molecule has 2 nitrogen and oxygen atoms in total. The molecule has 0 aliphatic carbocycles. The summed E-state index contributed by atoms with van der Waals surface area (Å²) in [6, 6.07) is 0. The smallest absolute Gasteiger partial charge is 0.161 e. The lowest BCUT2D eigenvalue weighted by Gasteiger charge is -2.13. The lowest BCUT2D eigenvalue weighted by molar-refractivity contribution is -0.129. The fourth-order valence-corrected chi connectivity index (χ4v) is 0.895. The second-order valence-corrected chi connectivity index (χ2v) is 3.75. The highest BCUT2D eigenvalue weighted by Crippen LogP contribution is 2.08. The lowest BCUT2D eigenvalue weighted by atomic mass is 9.97. The monoisotopic (exact) mass is 158 g/mol. The minimum absolute atomic E-state index is 0.0324. The highest BCUT2D eigenvalue weighted by Gasteiger charge is 2.18. The van der Waals surface area contributed by atoms with Gasteiger partial charge >= 0.3 is 0 Å². The number of carbonyl (C=O) groups is 1. The number of hydrogen-bond acceptors (Lipinski definition) is 2. The third kappa shape index (κ3) is 4.14. The maximum atomic E-state index is 11.1. The first-order chi connectivity index (χ1) is 4.95. The van der Waals surface area contributed by atoms with Crippen LogP contribution in [0.25, 0.3) is 0 Å². The van der Waals surface area contributed by atoms with E-state index in [0.29, 0.717) is 12.3 Å². The van der Waals surface area contributed by atoms with E-state index in [1.165, 1.54) is 0 Å². The van der Waals surface area contributed by atoms with E-state index >= 15 is 0 Å². The van der Waals surface area contributed by atoms with Crippen LogP contribution in [0.1, 0.15) is 34.1 Å². The molecule has 0 radical (unpaired) electrons. The third-order valence-electron chi connectivity index (χ3n) is 1.57. The van der Waals surface area contributed by atoms with Gasteiger partial charge in [0.2, 0.25) is 0 Å². The van der Waals surface area contributed by atoms with Gasteiger partial charge in [-0.2, -0.15) is 0 Å². The van der Waals surface area contributed by atoms with Crippen molar-refractivity contribution in [3.63, 3.8) is 0 Å². The standard InChI is InChI=1S/C9H18O2/c1-6(2)5-8(10)9(11)7(3)4/h6-7,9,11H,5H2,1-4H3. The predicted molar refractivity (Wildman–Crippen MR) is 45.3 cm³/mol. The minimum Gasteiger partial charge on any atom is -0.385 e. The zero-order chi connectivity index (χ0) is 9.02. The van der Waals surface area contributed by atoms with E-state index in [4.69, 9.17) is 0 Å². The number of aliphatic hydroxyl groups is 1. The highest BCUT2D eigenvalue weighted by atomic mass is 16.3. The molecule has 0 rings (SSSR count). The van der Waals surface area contributed by atoms with Crippen LogP contribution in [0.5, 0.6) is 0 Å². The quantitative estimate of drug-likeness (QED) is 0.675. The molecule has 2 heteroatoms. The van der Waals surface area contributed by atoms with Gasteiger partial charge in [-0.05, 0) is 11.8 Å². The van der Waals surface area contributed by atoms with E-state index in [9.17, 15) is 9.90 Å². The summed E-state index contributed by atoms with van der Waals surface area (Å²) in [4.78, 5) is 11.1. The van der Waals surface area contributed by atoms with E-state index < -0.39 is 6.10 Å². The van der Waals surface area contributed by atoms with Gasteiger partial charge in [0.15, 0.2) is 5.78 Å². The number of rotatable bonds is 4. The van der Waals surface area contributed by atoms with E-state index in [2.05, 4.69) is 0 Å². The lowest BCUT2D eigenvalue weighted by Crippen LogP contribution is -2.26. The Morgan fingerprint density at radius 1 is 1.27 bits per heavy atom.